The van der Waals surface area contributed by atoms with E-state index in [9.17, 15) is 4.79 Å². The smallest absolute Gasteiger partial charge is 0.288 e. The van der Waals surface area contributed by atoms with Gasteiger partial charge in [-0.15, -0.1) is 21.5 Å². The highest BCUT2D eigenvalue weighted by Crippen LogP contribution is 2.35. The van der Waals surface area contributed by atoms with Crippen LogP contribution >= 0.6 is 22.7 Å². The zero-order chi connectivity index (χ0) is 15.1. The molecule has 0 aliphatic heterocycles. The van der Waals surface area contributed by atoms with Crippen LogP contribution in [0.3, 0.4) is 0 Å². The summed E-state index contributed by atoms with van der Waals surface area (Å²) >= 11 is 2.87. The molecule has 22 heavy (non-hydrogen) atoms. The standard InChI is InChI=1S/C13H7N5O2S2/c14-11(19)10-9-6(2-1-3-7(9)18-20-10)12-16-17-13(22-12)8-4-21-5-15-8/h1-5H,(H2,14,19). The van der Waals surface area contributed by atoms with Gasteiger partial charge in [-0.05, 0) is 6.07 Å². The van der Waals surface area contributed by atoms with Crippen LogP contribution in [0.15, 0.2) is 33.6 Å². The van der Waals surface area contributed by atoms with Gasteiger partial charge in [0.25, 0.3) is 5.91 Å². The van der Waals surface area contributed by atoms with E-state index < -0.39 is 5.91 Å². The highest BCUT2D eigenvalue weighted by atomic mass is 32.1. The molecule has 0 spiro atoms. The van der Waals surface area contributed by atoms with E-state index in [2.05, 4.69) is 20.3 Å². The highest BCUT2D eigenvalue weighted by molar-refractivity contribution is 7.18. The molecule has 1 amide bonds. The number of nitrogens with zero attached hydrogens (tertiary/aromatic N) is 4. The summed E-state index contributed by atoms with van der Waals surface area (Å²) in [6.07, 6.45) is 0. The number of hydrogen-bond acceptors (Lipinski definition) is 8. The van der Waals surface area contributed by atoms with Crippen LogP contribution in [-0.2, 0) is 0 Å². The van der Waals surface area contributed by atoms with Gasteiger partial charge >= 0.3 is 0 Å². The number of primary amides is 1. The van der Waals surface area contributed by atoms with Crippen molar-refractivity contribution in [2.24, 2.45) is 5.73 Å². The van der Waals surface area contributed by atoms with Crippen molar-refractivity contribution in [1.82, 2.24) is 20.3 Å². The predicted octanol–water partition coefficient (Wildman–Crippen LogP) is 2.57. The lowest BCUT2D eigenvalue weighted by Crippen LogP contribution is -2.10. The van der Waals surface area contributed by atoms with Gasteiger partial charge in [0.1, 0.15) is 16.2 Å². The largest absolute Gasteiger partial charge is 0.363 e. The van der Waals surface area contributed by atoms with Crippen molar-refractivity contribution in [3.63, 3.8) is 0 Å². The lowest BCUT2D eigenvalue weighted by Gasteiger charge is -1.97. The van der Waals surface area contributed by atoms with Crippen LogP contribution in [0.1, 0.15) is 10.6 Å². The molecule has 0 radical (unpaired) electrons. The Hall–Kier alpha value is -2.65. The third-order valence-electron chi connectivity index (χ3n) is 3.04. The normalized spacial score (nSPS) is 11.1. The third-order valence-corrected chi connectivity index (χ3v) is 4.60. The number of nitrogens with two attached hydrogens (primary N) is 1. The lowest BCUT2D eigenvalue weighted by atomic mass is 10.1. The minimum atomic E-state index is -0.667. The van der Waals surface area contributed by atoms with E-state index >= 15 is 0 Å². The second-order valence-corrected chi connectivity index (χ2v) is 6.06. The monoisotopic (exact) mass is 329 g/mol. The van der Waals surface area contributed by atoms with Gasteiger partial charge in [-0.3, -0.25) is 4.79 Å². The topological polar surface area (TPSA) is 108 Å². The van der Waals surface area contributed by atoms with Gasteiger partial charge in [-0.2, -0.15) is 0 Å². The van der Waals surface area contributed by atoms with Gasteiger partial charge in [0, 0.05) is 10.9 Å². The average molecular weight is 329 g/mol. The number of amides is 1. The Kier molecular flexibility index (Phi) is 2.94. The summed E-state index contributed by atoms with van der Waals surface area (Å²) in [6, 6.07) is 5.39. The summed E-state index contributed by atoms with van der Waals surface area (Å²) in [6.45, 7) is 0. The molecule has 108 valence electrons. The van der Waals surface area contributed by atoms with E-state index in [1.165, 1.54) is 22.7 Å². The van der Waals surface area contributed by atoms with Crippen LogP contribution in [0, 0.1) is 0 Å². The molecule has 1 aromatic carbocycles. The van der Waals surface area contributed by atoms with E-state index in [0.717, 1.165) is 5.69 Å². The molecular weight excluding hydrogens is 322 g/mol. The van der Waals surface area contributed by atoms with Crippen molar-refractivity contribution in [1.29, 1.82) is 0 Å². The Morgan fingerprint density at radius 2 is 2.09 bits per heavy atom. The summed E-state index contributed by atoms with van der Waals surface area (Å²) in [7, 11) is 0. The van der Waals surface area contributed by atoms with Gasteiger partial charge < -0.3 is 10.3 Å². The second-order valence-electron chi connectivity index (χ2n) is 4.36. The van der Waals surface area contributed by atoms with Gasteiger partial charge in [0.15, 0.2) is 5.01 Å². The zero-order valence-corrected chi connectivity index (χ0v) is 12.5. The maximum absolute atomic E-state index is 11.5. The van der Waals surface area contributed by atoms with Gasteiger partial charge in [-0.1, -0.05) is 28.6 Å². The Bertz CT molecular complexity index is 974. The third kappa shape index (κ3) is 1.98. The maximum atomic E-state index is 11.5. The molecular formula is C13H7N5O2S2. The van der Waals surface area contributed by atoms with Crippen LogP contribution in [0.5, 0.6) is 0 Å². The summed E-state index contributed by atoms with van der Waals surface area (Å²) in [4.78, 5) is 15.7. The molecule has 0 aliphatic carbocycles. The fraction of sp³-hybridized carbons (Fsp3) is 0. The maximum Gasteiger partial charge on any atom is 0.288 e. The Morgan fingerprint density at radius 1 is 1.23 bits per heavy atom. The quantitative estimate of drug-likeness (QED) is 0.619. The average Bonchev–Trinajstić information content (AvgIpc) is 3.25. The Morgan fingerprint density at radius 3 is 2.86 bits per heavy atom. The first-order valence-electron chi connectivity index (χ1n) is 6.14. The molecule has 0 bridgehead atoms. The number of carbonyl (C=O) groups excluding carboxylic acids is 1. The molecule has 0 saturated heterocycles. The molecule has 0 aliphatic rings. The van der Waals surface area contributed by atoms with E-state index in [0.29, 0.717) is 26.5 Å². The van der Waals surface area contributed by atoms with Crippen molar-refractivity contribution in [2.45, 2.75) is 0 Å². The van der Waals surface area contributed by atoms with Crippen molar-refractivity contribution in [2.75, 3.05) is 0 Å². The Balaban J connectivity index is 1.91. The van der Waals surface area contributed by atoms with E-state index in [1.807, 2.05) is 17.5 Å². The Labute approximate surface area is 131 Å². The fourth-order valence-electron chi connectivity index (χ4n) is 2.10. The number of thiazole rings is 1. The molecule has 0 atom stereocenters. The van der Waals surface area contributed by atoms with E-state index in [1.54, 1.807) is 11.6 Å². The van der Waals surface area contributed by atoms with Crippen LogP contribution in [0.2, 0.25) is 0 Å². The molecule has 4 rings (SSSR count). The van der Waals surface area contributed by atoms with Crippen LogP contribution in [-0.4, -0.2) is 26.2 Å². The molecule has 3 aromatic heterocycles. The first-order valence-corrected chi connectivity index (χ1v) is 7.90. The first-order chi connectivity index (χ1) is 10.7. The summed E-state index contributed by atoms with van der Waals surface area (Å²) in [5, 5.41) is 16.0. The minimum absolute atomic E-state index is 0.0241. The van der Waals surface area contributed by atoms with Crippen LogP contribution in [0.25, 0.3) is 32.2 Å². The molecule has 4 aromatic rings. The summed E-state index contributed by atoms with van der Waals surface area (Å²) in [5.41, 5.74) is 9.12. The summed E-state index contributed by atoms with van der Waals surface area (Å²) in [5.74, 6) is -0.643. The summed E-state index contributed by atoms with van der Waals surface area (Å²) < 4.78 is 5.04. The molecule has 9 heteroatoms. The van der Waals surface area contributed by atoms with Crippen LogP contribution < -0.4 is 5.73 Å². The van der Waals surface area contributed by atoms with Crippen LogP contribution in [0.4, 0.5) is 0 Å². The second kappa shape index (κ2) is 4.97. The van der Waals surface area contributed by atoms with Gasteiger partial charge in [0.2, 0.25) is 5.76 Å². The number of hydrogen-bond donors (Lipinski definition) is 1. The molecule has 2 N–H and O–H groups in total. The van der Waals surface area contributed by atoms with Crippen molar-refractivity contribution >= 4 is 39.5 Å². The predicted molar refractivity (Wildman–Crippen MR) is 82.5 cm³/mol. The van der Waals surface area contributed by atoms with E-state index in [4.69, 9.17) is 10.3 Å². The molecule has 3 heterocycles. The molecule has 7 nitrogen and oxygen atoms in total. The fourth-order valence-corrected chi connectivity index (χ4v) is 3.55. The zero-order valence-electron chi connectivity index (χ0n) is 10.9. The number of aromatic nitrogens is 4. The minimum Gasteiger partial charge on any atom is -0.363 e. The number of rotatable bonds is 3. The van der Waals surface area contributed by atoms with Gasteiger partial charge in [-0.25, -0.2) is 4.98 Å². The number of benzene rings is 1. The molecule has 0 saturated carbocycles. The molecule has 0 unspecified atom stereocenters. The number of fused-ring (bicyclic) bond motifs is 1. The van der Waals surface area contributed by atoms with E-state index in [-0.39, 0.29) is 5.76 Å². The first kappa shape index (κ1) is 13.0. The SMILES string of the molecule is NC(=O)c1onc2cccc(-c3nnc(-c4cscn4)s3)c12. The highest BCUT2D eigenvalue weighted by Gasteiger charge is 2.20. The van der Waals surface area contributed by atoms with Gasteiger partial charge in [0.05, 0.1) is 10.9 Å². The van der Waals surface area contributed by atoms with Crippen molar-refractivity contribution < 1.29 is 9.32 Å². The van der Waals surface area contributed by atoms with Crippen molar-refractivity contribution in [3.8, 4) is 21.3 Å². The molecule has 0 fully saturated rings. The number of carbonyl (C=O) groups is 1. The van der Waals surface area contributed by atoms with Crippen molar-refractivity contribution in [3.05, 3.63) is 34.8 Å². The lowest BCUT2D eigenvalue weighted by molar-refractivity contribution is 0.0967.